The highest BCUT2D eigenvalue weighted by atomic mass is 16.1. The third-order valence-corrected chi connectivity index (χ3v) is 3.46. The van der Waals surface area contributed by atoms with E-state index in [4.69, 9.17) is 5.73 Å². The molecule has 0 aliphatic heterocycles. The van der Waals surface area contributed by atoms with Crippen molar-refractivity contribution in [3.63, 3.8) is 0 Å². The van der Waals surface area contributed by atoms with Crippen molar-refractivity contribution in [3.05, 3.63) is 30.3 Å². The van der Waals surface area contributed by atoms with Gasteiger partial charge in [0.05, 0.1) is 5.92 Å². The number of benzene rings is 1. The molecule has 1 rings (SSSR count). The number of rotatable bonds is 9. The number of carbonyl (C=O) groups is 1. The average Bonchev–Trinajstić information content (AvgIpc) is 2.49. The van der Waals surface area contributed by atoms with Gasteiger partial charge in [-0.1, -0.05) is 31.5 Å². The number of carbonyl (C=O) groups excluding carboxylic acids is 1. The monoisotopic (exact) mass is 277 g/mol. The number of anilines is 1. The summed E-state index contributed by atoms with van der Waals surface area (Å²) < 4.78 is 0. The first kappa shape index (κ1) is 16.5. The van der Waals surface area contributed by atoms with Crippen molar-refractivity contribution in [3.8, 4) is 0 Å². The molecule has 0 heterocycles. The molecule has 4 nitrogen and oxygen atoms in total. The van der Waals surface area contributed by atoms with Crippen LogP contribution in [0.25, 0.3) is 0 Å². The highest BCUT2D eigenvalue weighted by Gasteiger charge is 2.14. The maximum Gasteiger partial charge on any atom is 0.224 e. The summed E-state index contributed by atoms with van der Waals surface area (Å²) in [5.74, 6) is 0.0589. The molecule has 1 atom stereocenters. The molecule has 1 amide bonds. The molecule has 0 bridgehead atoms. The molecule has 1 aromatic rings. The lowest BCUT2D eigenvalue weighted by Crippen LogP contribution is -2.36. The maximum absolute atomic E-state index is 11.9. The van der Waals surface area contributed by atoms with E-state index in [9.17, 15) is 4.79 Å². The quantitative estimate of drug-likeness (QED) is 0.679. The molecule has 0 fully saturated rings. The van der Waals surface area contributed by atoms with Gasteiger partial charge in [0.1, 0.15) is 0 Å². The first-order chi connectivity index (χ1) is 9.69. The molecule has 1 aromatic carbocycles. The van der Waals surface area contributed by atoms with Gasteiger partial charge < -0.3 is 16.0 Å². The van der Waals surface area contributed by atoms with Crippen LogP contribution in [0.1, 0.15) is 26.2 Å². The Morgan fingerprint density at radius 3 is 2.65 bits per heavy atom. The van der Waals surface area contributed by atoms with E-state index in [0.29, 0.717) is 13.1 Å². The van der Waals surface area contributed by atoms with Crippen LogP contribution in [0.15, 0.2) is 30.3 Å². The minimum atomic E-state index is -0.0353. The van der Waals surface area contributed by atoms with Gasteiger partial charge in [0.15, 0.2) is 0 Å². The SMILES string of the molecule is CCCC(CN)C(=O)NCCCN(C)c1ccccc1. The van der Waals surface area contributed by atoms with Crippen LogP contribution in [0.2, 0.25) is 0 Å². The van der Waals surface area contributed by atoms with Gasteiger partial charge in [0, 0.05) is 32.4 Å². The first-order valence-electron chi connectivity index (χ1n) is 7.43. The van der Waals surface area contributed by atoms with Crippen LogP contribution in [0.4, 0.5) is 5.69 Å². The molecule has 0 saturated carbocycles. The summed E-state index contributed by atoms with van der Waals surface area (Å²) in [5.41, 5.74) is 6.82. The standard InChI is InChI=1S/C16H27N3O/c1-3-8-14(13-17)16(20)18-11-7-12-19(2)15-9-5-4-6-10-15/h4-6,9-10,14H,3,7-8,11-13,17H2,1-2H3,(H,18,20). The Hall–Kier alpha value is -1.55. The van der Waals surface area contributed by atoms with Crippen molar-refractivity contribution in [2.45, 2.75) is 26.2 Å². The lowest BCUT2D eigenvalue weighted by Gasteiger charge is -2.19. The molecule has 0 radical (unpaired) electrons. The van der Waals surface area contributed by atoms with Crippen molar-refractivity contribution in [2.75, 3.05) is 31.6 Å². The number of nitrogens with two attached hydrogens (primary N) is 1. The summed E-state index contributed by atoms with van der Waals surface area (Å²) in [4.78, 5) is 14.1. The van der Waals surface area contributed by atoms with Crippen molar-refractivity contribution < 1.29 is 4.79 Å². The van der Waals surface area contributed by atoms with Crippen LogP contribution >= 0.6 is 0 Å². The van der Waals surface area contributed by atoms with Gasteiger partial charge in [-0.05, 0) is 25.0 Å². The zero-order valence-corrected chi connectivity index (χ0v) is 12.6. The smallest absolute Gasteiger partial charge is 0.224 e. The average molecular weight is 277 g/mol. The first-order valence-corrected chi connectivity index (χ1v) is 7.43. The fourth-order valence-corrected chi connectivity index (χ4v) is 2.19. The van der Waals surface area contributed by atoms with Crippen molar-refractivity contribution in [2.24, 2.45) is 11.7 Å². The van der Waals surface area contributed by atoms with Gasteiger partial charge in [-0.3, -0.25) is 4.79 Å². The highest BCUT2D eigenvalue weighted by Crippen LogP contribution is 2.10. The van der Waals surface area contributed by atoms with E-state index in [-0.39, 0.29) is 11.8 Å². The predicted molar refractivity (Wildman–Crippen MR) is 84.8 cm³/mol. The van der Waals surface area contributed by atoms with Crippen LogP contribution in [0, 0.1) is 5.92 Å². The number of nitrogens with one attached hydrogen (secondary N) is 1. The van der Waals surface area contributed by atoms with E-state index in [1.54, 1.807) is 0 Å². The molecule has 20 heavy (non-hydrogen) atoms. The molecule has 0 aromatic heterocycles. The predicted octanol–water partition coefficient (Wildman–Crippen LogP) is 2.00. The molecular weight excluding hydrogens is 250 g/mol. The van der Waals surface area contributed by atoms with E-state index in [0.717, 1.165) is 25.8 Å². The second kappa shape index (κ2) is 9.37. The van der Waals surface area contributed by atoms with Crippen molar-refractivity contribution in [1.82, 2.24) is 5.32 Å². The summed E-state index contributed by atoms with van der Waals surface area (Å²) in [6.45, 7) is 4.13. The summed E-state index contributed by atoms with van der Waals surface area (Å²) in [7, 11) is 2.07. The van der Waals surface area contributed by atoms with Crippen LogP contribution in [-0.2, 0) is 4.79 Å². The largest absolute Gasteiger partial charge is 0.375 e. The zero-order chi connectivity index (χ0) is 14.8. The van der Waals surface area contributed by atoms with E-state index < -0.39 is 0 Å². The Kier molecular flexibility index (Phi) is 7.73. The van der Waals surface area contributed by atoms with Crippen LogP contribution in [0.5, 0.6) is 0 Å². The number of amides is 1. The maximum atomic E-state index is 11.9. The van der Waals surface area contributed by atoms with Gasteiger partial charge in [-0.25, -0.2) is 0 Å². The normalized spacial score (nSPS) is 11.9. The van der Waals surface area contributed by atoms with Gasteiger partial charge >= 0.3 is 0 Å². The zero-order valence-electron chi connectivity index (χ0n) is 12.6. The molecule has 3 N–H and O–H groups in total. The number of nitrogens with zero attached hydrogens (tertiary/aromatic N) is 1. The summed E-state index contributed by atoms with van der Waals surface area (Å²) in [6, 6.07) is 10.3. The van der Waals surface area contributed by atoms with Gasteiger partial charge in [0.25, 0.3) is 0 Å². The number of hydrogen-bond donors (Lipinski definition) is 2. The van der Waals surface area contributed by atoms with Crippen LogP contribution in [-0.4, -0.2) is 32.6 Å². The molecule has 0 saturated heterocycles. The Labute approximate surface area is 122 Å². The molecule has 1 unspecified atom stereocenters. The van der Waals surface area contributed by atoms with E-state index in [1.807, 2.05) is 18.2 Å². The number of hydrogen-bond acceptors (Lipinski definition) is 3. The summed E-state index contributed by atoms with van der Waals surface area (Å²) in [6.07, 6.45) is 2.79. The van der Waals surface area contributed by atoms with Crippen molar-refractivity contribution in [1.29, 1.82) is 0 Å². The minimum Gasteiger partial charge on any atom is -0.375 e. The fourth-order valence-electron chi connectivity index (χ4n) is 2.19. The van der Waals surface area contributed by atoms with Crippen molar-refractivity contribution >= 4 is 11.6 Å². The summed E-state index contributed by atoms with van der Waals surface area (Å²) >= 11 is 0. The molecule has 4 heteroatoms. The Morgan fingerprint density at radius 2 is 2.05 bits per heavy atom. The Bertz CT molecular complexity index is 381. The van der Waals surface area contributed by atoms with Crippen LogP contribution < -0.4 is 16.0 Å². The van der Waals surface area contributed by atoms with E-state index >= 15 is 0 Å². The second-order valence-corrected chi connectivity index (χ2v) is 5.12. The molecule has 0 aliphatic carbocycles. The van der Waals surface area contributed by atoms with Gasteiger partial charge in [-0.15, -0.1) is 0 Å². The lowest BCUT2D eigenvalue weighted by atomic mass is 10.0. The molecular formula is C16H27N3O. The Morgan fingerprint density at radius 1 is 1.35 bits per heavy atom. The van der Waals surface area contributed by atoms with E-state index in [1.165, 1.54) is 5.69 Å². The topological polar surface area (TPSA) is 58.4 Å². The third kappa shape index (κ3) is 5.61. The minimum absolute atomic E-state index is 0.0353. The van der Waals surface area contributed by atoms with Gasteiger partial charge in [-0.2, -0.15) is 0 Å². The highest BCUT2D eigenvalue weighted by molar-refractivity contribution is 5.78. The number of para-hydroxylation sites is 1. The summed E-state index contributed by atoms with van der Waals surface area (Å²) in [5, 5.41) is 2.98. The van der Waals surface area contributed by atoms with E-state index in [2.05, 4.69) is 36.3 Å². The molecule has 112 valence electrons. The fraction of sp³-hybridized carbons (Fsp3) is 0.562. The lowest BCUT2D eigenvalue weighted by molar-refractivity contribution is -0.124. The third-order valence-electron chi connectivity index (χ3n) is 3.46. The molecule has 0 spiro atoms. The van der Waals surface area contributed by atoms with Crippen LogP contribution in [0.3, 0.4) is 0 Å². The molecule has 0 aliphatic rings. The Balaban J connectivity index is 2.23. The second-order valence-electron chi connectivity index (χ2n) is 5.12. The van der Waals surface area contributed by atoms with Gasteiger partial charge in [0.2, 0.25) is 5.91 Å².